The molecule has 0 aromatic heterocycles. The lowest BCUT2D eigenvalue weighted by Gasteiger charge is -2.16. The quantitative estimate of drug-likeness (QED) is 0.832. The molecule has 1 nitrogen and oxygen atoms in total. The summed E-state index contributed by atoms with van der Waals surface area (Å²) in [7, 11) is 0. The van der Waals surface area contributed by atoms with E-state index in [-0.39, 0.29) is 0 Å². The van der Waals surface area contributed by atoms with Crippen molar-refractivity contribution < 1.29 is 0 Å². The van der Waals surface area contributed by atoms with Gasteiger partial charge in [-0.25, -0.2) is 0 Å². The van der Waals surface area contributed by atoms with Crippen LogP contribution in [0.4, 0.5) is 0 Å². The molecule has 0 spiro atoms. The molecule has 0 radical (unpaired) electrons. The van der Waals surface area contributed by atoms with Crippen LogP contribution in [-0.4, -0.2) is 0 Å². The van der Waals surface area contributed by atoms with Gasteiger partial charge in [0.2, 0.25) is 0 Å². The van der Waals surface area contributed by atoms with Crippen LogP contribution in [0.2, 0.25) is 0 Å². The van der Waals surface area contributed by atoms with E-state index in [2.05, 4.69) is 74.6 Å². The van der Waals surface area contributed by atoms with Crippen LogP contribution < -0.4 is 5.32 Å². The fourth-order valence-electron chi connectivity index (χ4n) is 2.35. The Morgan fingerprint density at radius 3 is 2.21 bits per heavy atom. The molecule has 0 saturated carbocycles. The van der Waals surface area contributed by atoms with Crippen LogP contribution in [-0.2, 0) is 13.0 Å². The molecule has 2 aromatic carbocycles. The van der Waals surface area contributed by atoms with Gasteiger partial charge in [0.05, 0.1) is 0 Å². The fourth-order valence-corrected chi connectivity index (χ4v) is 2.35. The van der Waals surface area contributed by atoms with Gasteiger partial charge in [0.25, 0.3) is 0 Å². The Balaban J connectivity index is 1.96. The van der Waals surface area contributed by atoms with E-state index in [1.165, 1.54) is 22.3 Å². The first-order valence-corrected chi connectivity index (χ1v) is 7.07. The summed E-state index contributed by atoms with van der Waals surface area (Å²) < 4.78 is 0. The Morgan fingerprint density at radius 1 is 0.947 bits per heavy atom. The van der Waals surface area contributed by atoms with Crippen LogP contribution in [0.15, 0.2) is 48.5 Å². The summed E-state index contributed by atoms with van der Waals surface area (Å²) in [5.74, 6) is 0. The summed E-state index contributed by atoms with van der Waals surface area (Å²) in [6.45, 7) is 7.50. The van der Waals surface area contributed by atoms with Crippen molar-refractivity contribution in [2.24, 2.45) is 0 Å². The second kappa shape index (κ2) is 6.53. The van der Waals surface area contributed by atoms with E-state index in [4.69, 9.17) is 0 Å². The van der Waals surface area contributed by atoms with Gasteiger partial charge in [0.15, 0.2) is 0 Å². The van der Waals surface area contributed by atoms with Gasteiger partial charge in [0.1, 0.15) is 0 Å². The van der Waals surface area contributed by atoms with Gasteiger partial charge in [-0.3, -0.25) is 0 Å². The second-order valence-corrected chi connectivity index (χ2v) is 5.13. The molecule has 1 atom stereocenters. The molecular formula is C18H23N. The zero-order chi connectivity index (χ0) is 13.7. The molecule has 100 valence electrons. The minimum Gasteiger partial charge on any atom is -0.306 e. The van der Waals surface area contributed by atoms with E-state index in [1.54, 1.807) is 0 Å². The highest BCUT2D eigenvalue weighted by atomic mass is 14.9. The molecule has 0 heterocycles. The van der Waals surface area contributed by atoms with E-state index >= 15 is 0 Å². The molecule has 2 rings (SSSR count). The molecule has 0 aliphatic heterocycles. The summed E-state index contributed by atoms with van der Waals surface area (Å²) in [5.41, 5.74) is 5.48. The number of aryl methyl sites for hydroxylation is 2. The van der Waals surface area contributed by atoms with Gasteiger partial charge in [-0.05, 0) is 42.5 Å². The van der Waals surface area contributed by atoms with Crippen molar-refractivity contribution >= 4 is 0 Å². The molecule has 0 unspecified atom stereocenters. The number of nitrogens with one attached hydrogen (secondary N) is 1. The van der Waals surface area contributed by atoms with Gasteiger partial charge >= 0.3 is 0 Å². The topological polar surface area (TPSA) is 12.0 Å². The molecule has 1 heteroatoms. The second-order valence-electron chi connectivity index (χ2n) is 5.13. The molecule has 0 bridgehead atoms. The largest absolute Gasteiger partial charge is 0.306 e. The monoisotopic (exact) mass is 253 g/mol. The van der Waals surface area contributed by atoms with Crippen molar-refractivity contribution in [2.75, 3.05) is 0 Å². The number of hydrogen-bond donors (Lipinski definition) is 1. The first-order chi connectivity index (χ1) is 9.20. The van der Waals surface area contributed by atoms with E-state index in [9.17, 15) is 0 Å². The minimum absolute atomic E-state index is 0.382. The Hall–Kier alpha value is -1.60. The van der Waals surface area contributed by atoms with Crippen molar-refractivity contribution in [2.45, 2.75) is 39.8 Å². The first-order valence-electron chi connectivity index (χ1n) is 7.07. The van der Waals surface area contributed by atoms with Crippen LogP contribution in [0.25, 0.3) is 0 Å². The van der Waals surface area contributed by atoms with Crippen LogP contribution in [0.3, 0.4) is 0 Å². The zero-order valence-electron chi connectivity index (χ0n) is 12.1. The van der Waals surface area contributed by atoms with Crippen LogP contribution in [0.1, 0.15) is 42.1 Å². The van der Waals surface area contributed by atoms with Gasteiger partial charge in [0, 0.05) is 12.6 Å². The highest BCUT2D eigenvalue weighted by molar-refractivity contribution is 5.28. The molecule has 0 saturated heterocycles. The van der Waals surface area contributed by atoms with Gasteiger partial charge in [-0.2, -0.15) is 0 Å². The first kappa shape index (κ1) is 13.8. The van der Waals surface area contributed by atoms with Crippen LogP contribution in [0, 0.1) is 6.92 Å². The van der Waals surface area contributed by atoms with Crippen molar-refractivity contribution in [3.8, 4) is 0 Å². The Morgan fingerprint density at radius 2 is 1.58 bits per heavy atom. The Kier molecular flexibility index (Phi) is 4.75. The Labute approximate surface area is 116 Å². The third-order valence-electron chi connectivity index (χ3n) is 3.70. The maximum Gasteiger partial charge on any atom is 0.0297 e. The van der Waals surface area contributed by atoms with E-state index in [0.717, 1.165) is 13.0 Å². The summed E-state index contributed by atoms with van der Waals surface area (Å²) in [5, 5.41) is 3.59. The normalized spacial score (nSPS) is 12.4. The molecule has 0 amide bonds. The summed E-state index contributed by atoms with van der Waals surface area (Å²) in [4.78, 5) is 0. The lowest BCUT2D eigenvalue weighted by atomic mass is 10.0. The average molecular weight is 253 g/mol. The fraction of sp³-hybridized carbons (Fsp3) is 0.333. The SMILES string of the molecule is CCc1ccc(CN[C@@H](C)c2ccccc2C)cc1. The van der Waals surface area contributed by atoms with Gasteiger partial charge in [-0.15, -0.1) is 0 Å². The smallest absolute Gasteiger partial charge is 0.0297 e. The molecule has 0 aliphatic rings. The summed E-state index contributed by atoms with van der Waals surface area (Å²) in [6, 6.07) is 17.8. The van der Waals surface area contributed by atoms with Gasteiger partial charge in [-0.1, -0.05) is 55.5 Å². The number of rotatable bonds is 5. The van der Waals surface area contributed by atoms with Crippen LogP contribution >= 0.6 is 0 Å². The predicted octanol–water partition coefficient (Wildman–Crippen LogP) is 4.41. The van der Waals surface area contributed by atoms with E-state index in [0.29, 0.717) is 6.04 Å². The zero-order valence-corrected chi connectivity index (χ0v) is 12.1. The molecule has 0 fully saturated rings. The standard InChI is InChI=1S/C18H23N/c1-4-16-9-11-17(12-10-16)13-19-15(3)18-8-6-5-7-14(18)2/h5-12,15,19H,4,13H2,1-3H3/t15-/m0/s1. The lowest BCUT2D eigenvalue weighted by Crippen LogP contribution is -2.18. The van der Waals surface area contributed by atoms with Gasteiger partial charge < -0.3 is 5.32 Å². The summed E-state index contributed by atoms with van der Waals surface area (Å²) >= 11 is 0. The molecule has 1 N–H and O–H groups in total. The van der Waals surface area contributed by atoms with E-state index in [1.807, 2.05) is 0 Å². The number of hydrogen-bond acceptors (Lipinski definition) is 1. The maximum absolute atomic E-state index is 3.59. The third kappa shape index (κ3) is 3.68. The maximum atomic E-state index is 3.59. The van der Waals surface area contributed by atoms with Crippen molar-refractivity contribution in [3.63, 3.8) is 0 Å². The van der Waals surface area contributed by atoms with Crippen molar-refractivity contribution in [1.29, 1.82) is 0 Å². The van der Waals surface area contributed by atoms with Crippen molar-refractivity contribution in [3.05, 3.63) is 70.8 Å². The highest BCUT2D eigenvalue weighted by Crippen LogP contribution is 2.17. The van der Waals surface area contributed by atoms with Crippen molar-refractivity contribution in [1.82, 2.24) is 5.32 Å². The minimum atomic E-state index is 0.382. The predicted molar refractivity (Wildman–Crippen MR) is 82.3 cm³/mol. The highest BCUT2D eigenvalue weighted by Gasteiger charge is 2.06. The molecule has 0 aliphatic carbocycles. The Bertz CT molecular complexity index is 513. The average Bonchev–Trinajstić information content (AvgIpc) is 2.46. The van der Waals surface area contributed by atoms with Crippen LogP contribution in [0.5, 0.6) is 0 Å². The molecule has 2 aromatic rings. The third-order valence-corrected chi connectivity index (χ3v) is 3.70. The number of benzene rings is 2. The molecular weight excluding hydrogens is 230 g/mol. The lowest BCUT2D eigenvalue weighted by molar-refractivity contribution is 0.572. The summed E-state index contributed by atoms with van der Waals surface area (Å²) in [6.07, 6.45) is 1.10. The molecule has 19 heavy (non-hydrogen) atoms. The van der Waals surface area contributed by atoms with E-state index < -0.39 is 0 Å².